The standard InChI is InChI=1S/C14H12BrN3O2S/c1-9-3-5-11(6-4-9)21(19,20)18-12-7-8-13(15)16-14(12)10(2)17-18/h3-8H,1-2H3. The minimum atomic E-state index is -3.72. The van der Waals surface area contributed by atoms with Gasteiger partial charge in [0.05, 0.1) is 10.6 Å². The first kappa shape index (κ1) is 14.2. The molecule has 0 aliphatic heterocycles. The molecule has 0 saturated heterocycles. The van der Waals surface area contributed by atoms with Crippen LogP contribution in [0.1, 0.15) is 11.3 Å². The van der Waals surface area contributed by atoms with E-state index in [9.17, 15) is 8.42 Å². The molecule has 2 heterocycles. The highest BCUT2D eigenvalue weighted by atomic mass is 79.9. The van der Waals surface area contributed by atoms with Gasteiger partial charge in [-0.15, -0.1) is 0 Å². The Balaban J connectivity index is 2.26. The Kier molecular flexibility index (Phi) is 3.33. The van der Waals surface area contributed by atoms with Gasteiger partial charge in [0.25, 0.3) is 10.0 Å². The van der Waals surface area contributed by atoms with Crippen molar-refractivity contribution in [3.63, 3.8) is 0 Å². The maximum atomic E-state index is 12.7. The molecule has 108 valence electrons. The first-order valence-electron chi connectivity index (χ1n) is 6.24. The number of hydrogen-bond acceptors (Lipinski definition) is 4. The number of pyridine rings is 1. The van der Waals surface area contributed by atoms with Crippen molar-refractivity contribution in [2.24, 2.45) is 0 Å². The minimum Gasteiger partial charge on any atom is -0.237 e. The fourth-order valence-corrected chi connectivity index (χ4v) is 3.70. The zero-order chi connectivity index (χ0) is 15.2. The lowest BCUT2D eigenvalue weighted by atomic mass is 10.2. The lowest BCUT2D eigenvalue weighted by Gasteiger charge is -2.06. The Hall–Kier alpha value is -1.73. The quantitative estimate of drug-likeness (QED) is 0.654. The zero-order valence-electron chi connectivity index (χ0n) is 11.4. The van der Waals surface area contributed by atoms with Crippen LogP contribution in [0.3, 0.4) is 0 Å². The van der Waals surface area contributed by atoms with Crippen molar-refractivity contribution in [2.45, 2.75) is 18.7 Å². The third-order valence-electron chi connectivity index (χ3n) is 3.18. The highest BCUT2D eigenvalue weighted by Gasteiger charge is 2.22. The van der Waals surface area contributed by atoms with Crippen LogP contribution >= 0.6 is 15.9 Å². The first-order valence-corrected chi connectivity index (χ1v) is 8.47. The SMILES string of the molecule is Cc1ccc(S(=O)(=O)n2nc(C)c3nc(Br)ccc32)cc1. The molecule has 7 heteroatoms. The van der Waals surface area contributed by atoms with Crippen molar-refractivity contribution in [3.05, 3.63) is 52.3 Å². The lowest BCUT2D eigenvalue weighted by molar-refractivity contribution is 0.582. The first-order chi connectivity index (χ1) is 9.89. The van der Waals surface area contributed by atoms with Crippen LogP contribution in [0.2, 0.25) is 0 Å². The van der Waals surface area contributed by atoms with Crippen molar-refractivity contribution >= 4 is 37.0 Å². The van der Waals surface area contributed by atoms with E-state index >= 15 is 0 Å². The van der Waals surface area contributed by atoms with E-state index in [1.165, 1.54) is 0 Å². The summed E-state index contributed by atoms with van der Waals surface area (Å²) >= 11 is 3.28. The molecule has 0 aliphatic carbocycles. The normalized spacial score (nSPS) is 12.0. The molecule has 1 aromatic carbocycles. The Labute approximate surface area is 130 Å². The topological polar surface area (TPSA) is 64.8 Å². The number of halogens is 1. The summed E-state index contributed by atoms with van der Waals surface area (Å²) in [7, 11) is -3.72. The molecule has 0 aliphatic rings. The van der Waals surface area contributed by atoms with Gasteiger partial charge in [-0.25, -0.2) is 4.98 Å². The van der Waals surface area contributed by atoms with Crippen molar-refractivity contribution in [1.29, 1.82) is 0 Å². The van der Waals surface area contributed by atoms with E-state index in [-0.39, 0.29) is 4.90 Å². The van der Waals surface area contributed by atoms with E-state index in [4.69, 9.17) is 0 Å². The Morgan fingerprint density at radius 3 is 2.38 bits per heavy atom. The van der Waals surface area contributed by atoms with Crippen LogP contribution in [0.25, 0.3) is 11.0 Å². The van der Waals surface area contributed by atoms with Gasteiger partial charge in [0, 0.05) is 0 Å². The predicted molar refractivity (Wildman–Crippen MR) is 83.7 cm³/mol. The summed E-state index contributed by atoms with van der Waals surface area (Å²) in [6.45, 7) is 3.65. The number of aryl methyl sites for hydroxylation is 2. The van der Waals surface area contributed by atoms with Crippen molar-refractivity contribution in [1.82, 2.24) is 14.2 Å². The maximum absolute atomic E-state index is 12.7. The van der Waals surface area contributed by atoms with Gasteiger partial charge >= 0.3 is 0 Å². The maximum Gasteiger partial charge on any atom is 0.283 e. The van der Waals surface area contributed by atoms with Crippen LogP contribution in [0, 0.1) is 13.8 Å². The molecule has 0 bridgehead atoms. The average molecular weight is 366 g/mol. The second kappa shape index (κ2) is 4.92. The Morgan fingerprint density at radius 1 is 1.05 bits per heavy atom. The van der Waals surface area contributed by atoms with Crippen LogP contribution in [0.5, 0.6) is 0 Å². The molecule has 3 aromatic rings. The molecule has 2 aromatic heterocycles. The van der Waals surface area contributed by atoms with Gasteiger partial charge in [-0.1, -0.05) is 17.7 Å². The van der Waals surface area contributed by atoms with Crippen LogP contribution in [0.15, 0.2) is 45.9 Å². The van der Waals surface area contributed by atoms with E-state index < -0.39 is 10.0 Å². The largest absolute Gasteiger partial charge is 0.283 e. The van der Waals surface area contributed by atoms with E-state index in [1.807, 2.05) is 6.92 Å². The second-order valence-electron chi connectivity index (χ2n) is 4.75. The van der Waals surface area contributed by atoms with Gasteiger partial charge in [-0.3, -0.25) is 0 Å². The minimum absolute atomic E-state index is 0.209. The van der Waals surface area contributed by atoms with Gasteiger partial charge in [0.2, 0.25) is 0 Å². The second-order valence-corrected chi connectivity index (χ2v) is 7.33. The highest BCUT2D eigenvalue weighted by molar-refractivity contribution is 9.10. The van der Waals surface area contributed by atoms with Crippen LogP contribution < -0.4 is 0 Å². The zero-order valence-corrected chi connectivity index (χ0v) is 13.8. The lowest BCUT2D eigenvalue weighted by Crippen LogP contribution is -2.14. The van der Waals surface area contributed by atoms with Crippen LogP contribution in [-0.4, -0.2) is 22.6 Å². The molecule has 0 amide bonds. The summed E-state index contributed by atoms with van der Waals surface area (Å²) in [5.41, 5.74) is 2.61. The molecule has 21 heavy (non-hydrogen) atoms. The molecule has 5 nitrogen and oxygen atoms in total. The molecule has 0 unspecified atom stereocenters. The van der Waals surface area contributed by atoms with Gasteiger partial charge in [-0.2, -0.15) is 17.6 Å². The number of nitrogens with zero attached hydrogens (tertiary/aromatic N) is 3. The monoisotopic (exact) mass is 365 g/mol. The summed E-state index contributed by atoms with van der Waals surface area (Å²) in [6, 6.07) is 10.1. The number of benzene rings is 1. The number of aromatic nitrogens is 3. The molecular formula is C14H12BrN3O2S. The van der Waals surface area contributed by atoms with Gasteiger partial charge in [0.15, 0.2) is 0 Å². The molecule has 0 atom stereocenters. The van der Waals surface area contributed by atoms with Gasteiger partial charge < -0.3 is 0 Å². The Bertz CT molecular complexity index is 931. The third kappa shape index (κ3) is 2.36. The molecule has 0 fully saturated rings. The van der Waals surface area contributed by atoms with Crippen molar-refractivity contribution in [3.8, 4) is 0 Å². The highest BCUT2D eigenvalue weighted by Crippen LogP contribution is 2.23. The van der Waals surface area contributed by atoms with E-state index in [0.717, 1.165) is 9.65 Å². The summed E-state index contributed by atoms with van der Waals surface area (Å²) in [5.74, 6) is 0. The molecular weight excluding hydrogens is 354 g/mol. The van der Waals surface area contributed by atoms with Crippen LogP contribution in [-0.2, 0) is 10.0 Å². The summed E-state index contributed by atoms with van der Waals surface area (Å²) < 4.78 is 27.1. The molecule has 0 N–H and O–H groups in total. The molecule has 3 rings (SSSR count). The summed E-state index contributed by atoms with van der Waals surface area (Å²) in [6.07, 6.45) is 0. The van der Waals surface area contributed by atoms with Crippen LogP contribution in [0.4, 0.5) is 0 Å². The average Bonchev–Trinajstić information content (AvgIpc) is 2.77. The van der Waals surface area contributed by atoms with E-state index in [0.29, 0.717) is 21.3 Å². The van der Waals surface area contributed by atoms with E-state index in [2.05, 4.69) is 26.0 Å². The number of hydrogen-bond donors (Lipinski definition) is 0. The number of rotatable bonds is 2. The predicted octanol–water partition coefficient (Wildman–Crippen LogP) is 3.05. The van der Waals surface area contributed by atoms with Crippen molar-refractivity contribution in [2.75, 3.05) is 0 Å². The fraction of sp³-hybridized carbons (Fsp3) is 0.143. The molecule has 0 radical (unpaired) electrons. The van der Waals surface area contributed by atoms with E-state index in [1.54, 1.807) is 43.3 Å². The smallest absolute Gasteiger partial charge is 0.237 e. The Morgan fingerprint density at radius 2 is 1.71 bits per heavy atom. The molecule has 0 saturated carbocycles. The van der Waals surface area contributed by atoms with Gasteiger partial charge in [-0.05, 0) is 54.0 Å². The van der Waals surface area contributed by atoms with Gasteiger partial charge in [0.1, 0.15) is 15.6 Å². The fourth-order valence-electron chi connectivity index (χ4n) is 2.08. The summed E-state index contributed by atoms with van der Waals surface area (Å²) in [4.78, 5) is 4.49. The molecule has 0 spiro atoms. The summed E-state index contributed by atoms with van der Waals surface area (Å²) in [5, 5.41) is 4.15. The third-order valence-corrected chi connectivity index (χ3v) is 5.22. The van der Waals surface area contributed by atoms with Crippen molar-refractivity contribution < 1.29 is 8.42 Å². The number of fused-ring (bicyclic) bond motifs is 1.